The minimum Gasteiger partial charge on any atom is -0.324 e. The van der Waals surface area contributed by atoms with E-state index in [1.165, 1.54) is 0 Å². The van der Waals surface area contributed by atoms with Crippen molar-refractivity contribution in [3.63, 3.8) is 0 Å². The van der Waals surface area contributed by atoms with Crippen LogP contribution in [-0.2, 0) is 4.79 Å². The first-order chi connectivity index (χ1) is 8.79. The van der Waals surface area contributed by atoms with Gasteiger partial charge in [-0.3, -0.25) is 4.79 Å². The topological polar surface area (TPSA) is 64.9 Å². The Balaban J connectivity index is 1.77. The molecule has 1 aromatic rings. The number of thioether (sulfide) groups is 1. The normalized spacial score (nSPS) is 14.6. The molecule has 1 aliphatic heterocycles. The molecular formula is C13H15N3OS. The number of nitrogens with one attached hydrogen (secondary N) is 2. The zero-order chi connectivity index (χ0) is 12.8. The van der Waals surface area contributed by atoms with E-state index in [1.54, 1.807) is 30.0 Å². The highest BCUT2D eigenvalue weighted by atomic mass is 32.2. The van der Waals surface area contributed by atoms with Crippen LogP contribution >= 0.6 is 11.8 Å². The van der Waals surface area contributed by atoms with Gasteiger partial charge < -0.3 is 10.6 Å². The van der Waals surface area contributed by atoms with Gasteiger partial charge in [0.15, 0.2) is 0 Å². The lowest BCUT2D eigenvalue weighted by atomic mass is 10.1. The summed E-state index contributed by atoms with van der Waals surface area (Å²) in [5.41, 5.74) is 1.09. The number of hydrogen-bond acceptors (Lipinski definition) is 4. The summed E-state index contributed by atoms with van der Waals surface area (Å²) in [7, 11) is 0. The molecule has 0 aromatic heterocycles. The van der Waals surface area contributed by atoms with Gasteiger partial charge in [0.1, 0.15) is 6.07 Å². The van der Waals surface area contributed by atoms with Gasteiger partial charge in [0.25, 0.3) is 0 Å². The predicted molar refractivity (Wildman–Crippen MR) is 73.5 cm³/mol. The highest BCUT2D eigenvalue weighted by molar-refractivity contribution is 7.99. The average Bonchev–Trinajstić information content (AvgIpc) is 2.33. The molecule has 1 fully saturated rings. The van der Waals surface area contributed by atoms with Crippen LogP contribution in [-0.4, -0.2) is 30.5 Å². The van der Waals surface area contributed by atoms with E-state index < -0.39 is 0 Å². The third-order valence-electron chi connectivity index (χ3n) is 2.77. The second kappa shape index (κ2) is 6.43. The summed E-state index contributed by atoms with van der Waals surface area (Å²) in [6, 6.07) is 9.10. The van der Waals surface area contributed by atoms with Gasteiger partial charge in [0.05, 0.1) is 17.0 Å². The molecule has 0 saturated carbocycles. The fourth-order valence-electron chi connectivity index (χ4n) is 1.66. The van der Waals surface area contributed by atoms with Crippen molar-refractivity contribution in [2.24, 2.45) is 5.92 Å². The highest BCUT2D eigenvalue weighted by Crippen LogP contribution is 2.15. The molecule has 1 amide bonds. The van der Waals surface area contributed by atoms with Crippen molar-refractivity contribution in [3.05, 3.63) is 29.8 Å². The van der Waals surface area contributed by atoms with Crippen LogP contribution in [0.15, 0.2) is 24.3 Å². The van der Waals surface area contributed by atoms with E-state index in [1.807, 2.05) is 6.07 Å². The molecule has 2 N–H and O–H groups in total. The Morgan fingerprint density at radius 3 is 2.94 bits per heavy atom. The van der Waals surface area contributed by atoms with E-state index in [9.17, 15) is 4.79 Å². The number of anilines is 1. The van der Waals surface area contributed by atoms with Gasteiger partial charge in [-0.1, -0.05) is 12.1 Å². The van der Waals surface area contributed by atoms with Crippen LogP contribution in [0.2, 0.25) is 0 Å². The van der Waals surface area contributed by atoms with Crippen molar-refractivity contribution in [2.75, 3.05) is 29.9 Å². The molecule has 1 heterocycles. The van der Waals surface area contributed by atoms with E-state index >= 15 is 0 Å². The second-order valence-electron chi connectivity index (χ2n) is 4.24. The number of hydrogen-bond donors (Lipinski definition) is 2. The Morgan fingerprint density at radius 2 is 2.28 bits per heavy atom. The molecule has 1 aromatic carbocycles. The van der Waals surface area contributed by atoms with Gasteiger partial charge >= 0.3 is 0 Å². The van der Waals surface area contributed by atoms with Crippen molar-refractivity contribution in [2.45, 2.75) is 0 Å². The molecule has 0 unspecified atom stereocenters. The molecule has 18 heavy (non-hydrogen) atoms. The lowest BCUT2D eigenvalue weighted by Gasteiger charge is -2.26. The maximum atomic E-state index is 11.7. The monoisotopic (exact) mass is 261 g/mol. The largest absolute Gasteiger partial charge is 0.324 e. The number of para-hydroxylation sites is 1. The van der Waals surface area contributed by atoms with Gasteiger partial charge in [0, 0.05) is 0 Å². The van der Waals surface area contributed by atoms with Crippen molar-refractivity contribution in [1.82, 2.24) is 5.32 Å². The minimum absolute atomic E-state index is 0.0463. The van der Waals surface area contributed by atoms with Gasteiger partial charge in [-0.25, -0.2) is 0 Å². The summed E-state index contributed by atoms with van der Waals surface area (Å²) in [5, 5.41) is 14.9. The molecule has 1 aliphatic rings. The van der Waals surface area contributed by atoms with Crippen LogP contribution in [0.3, 0.4) is 0 Å². The van der Waals surface area contributed by atoms with E-state index in [-0.39, 0.29) is 5.91 Å². The van der Waals surface area contributed by atoms with Crippen molar-refractivity contribution >= 4 is 23.4 Å². The molecule has 0 atom stereocenters. The fraction of sp³-hybridized carbons (Fsp3) is 0.385. The van der Waals surface area contributed by atoms with Crippen LogP contribution in [0.1, 0.15) is 5.56 Å². The third-order valence-corrected chi connectivity index (χ3v) is 3.95. The average molecular weight is 261 g/mol. The zero-order valence-electron chi connectivity index (χ0n) is 9.98. The van der Waals surface area contributed by atoms with E-state index in [0.717, 1.165) is 18.8 Å². The Morgan fingerprint density at radius 1 is 1.50 bits per heavy atom. The van der Waals surface area contributed by atoms with E-state index in [2.05, 4.69) is 16.7 Å². The van der Waals surface area contributed by atoms with Crippen molar-refractivity contribution < 1.29 is 4.79 Å². The molecule has 5 heteroatoms. The minimum atomic E-state index is -0.0463. The lowest BCUT2D eigenvalue weighted by molar-refractivity contribution is -0.113. The summed E-state index contributed by atoms with van der Waals surface area (Å²) in [4.78, 5) is 11.7. The van der Waals surface area contributed by atoms with Gasteiger partial charge in [-0.2, -0.15) is 17.0 Å². The second-order valence-corrected chi connectivity index (χ2v) is 5.28. The molecule has 0 bridgehead atoms. The summed E-state index contributed by atoms with van der Waals surface area (Å²) in [5.74, 6) is 2.11. The fourth-order valence-corrected chi connectivity index (χ4v) is 2.60. The molecule has 0 spiro atoms. The summed E-state index contributed by atoms with van der Waals surface area (Å²) >= 11 is 1.64. The van der Waals surface area contributed by atoms with Crippen molar-refractivity contribution in [3.8, 4) is 6.07 Å². The molecule has 0 aliphatic carbocycles. The molecule has 94 valence electrons. The Labute approximate surface area is 111 Å². The quantitative estimate of drug-likeness (QED) is 0.842. The number of nitrogens with zero attached hydrogens (tertiary/aromatic N) is 1. The first kappa shape index (κ1) is 12.9. The van der Waals surface area contributed by atoms with E-state index in [0.29, 0.717) is 22.9 Å². The first-order valence-corrected chi connectivity index (χ1v) is 7.02. The van der Waals surface area contributed by atoms with Crippen LogP contribution in [0.5, 0.6) is 0 Å². The number of rotatable bonds is 5. The molecule has 0 radical (unpaired) electrons. The van der Waals surface area contributed by atoms with Crippen LogP contribution in [0.4, 0.5) is 5.69 Å². The lowest BCUT2D eigenvalue weighted by Crippen LogP contribution is -2.43. The number of amides is 1. The smallest absolute Gasteiger partial charge is 0.234 e. The van der Waals surface area contributed by atoms with Crippen LogP contribution in [0, 0.1) is 17.2 Å². The SMILES string of the molecule is N#Cc1ccccc1NC(=O)CSCC1CNC1. The van der Waals surface area contributed by atoms with Gasteiger partial charge in [-0.15, -0.1) is 0 Å². The summed E-state index contributed by atoms with van der Waals surface area (Å²) in [6.07, 6.45) is 0. The number of nitriles is 1. The number of carbonyl (C=O) groups excluding carboxylic acids is 1. The first-order valence-electron chi connectivity index (χ1n) is 5.87. The molecular weight excluding hydrogens is 246 g/mol. The Hall–Kier alpha value is -1.51. The maximum Gasteiger partial charge on any atom is 0.234 e. The molecule has 4 nitrogen and oxygen atoms in total. The Bertz CT molecular complexity index is 466. The van der Waals surface area contributed by atoms with Gasteiger partial charge in [-0.05, 0) is 36.9 Å². The van der Waals surface area contributed by atoms with E-state index in [4.69, 9.17) is 5.26 Å². The van der Waals surface area contributed by atoms with Crippen LogP contribution < -0.4 is 10.6 Å². The zero-order valence-corrected chi connectivity index (χ0v) is 10.8. The maximum absolute atomic E-state index is 11.7. The third kappa shape index (κ3) is 3.49. The highest BCUT2D eigenvalue weighted by Gasteiger charge is 2.16. The molecule has 2 rings (SSSR count). The van der Waals surface area contributed by atoms with Crippen LogP contribution in [0.25, 0.3) is 0 Å². The number of benzene rings is 1. The molecule has 1 saturated heterocycles. The summed E-state index contributed by atoms with van der Waals surface area (Å²) < 4.78 is 0. The van der Waals surface area contributed by atoms with Crippen molar-refractivity contribution in [1.29, 1.82) is 5.26 Å². The number of carbonyl (C=O) groups is 1. The Kier molecular flexibility index (Phi) is 4.62. The summed E-state index contributed by atoms with van der Waals surface area (Å²) in [6.45, 7) is 2.12. The predicted octanol–water partition coefficient (Wildman–Crippen LogP) is 1.45. The van der Waals surface area contributed by atoms with Gasteiger partial charge in [0.2, 0.25) is 5.91 Å². The standard InChI is InChI=1S/C13H15N3OS/c14-5-11-3-1-2-4-12(11)16-13(17)9-18-8-10-6-15-7-10/h1-4,10,15H,6-9H2,(H,16,17).